The molecule has 0 saturated heterocycles. The van der Waals surface area contributed by atoms with E-state index in [2.05, 4.69) is 51.3 Å². The Labute approximate surface area is 147 Å². The van der Waals surface area contributed by atoms with Crippen molar-refractivity contribution >= 4 is 15.9 Å². The standard InChI is InChI=1S/C20H24BrNO/c21-18-12-14-20(15-13-18)23-22(16-17-8-4-3-5-9-17)19-10-6-1-2-7-11-19/h3-5,8-9,12-15,19H,1-2,6-7,10-11,16H2. The van der Waals surface area contributed by atoms with E-state index in [1.54, 1.807) is 0 Å². The van der Waals surface area contributed by atoms with Crippen molar-refractivity contribution in [3.63, 3.8) is 0 Å². The Morgan fingerprint density at radius 2 is 1.52 bits per heavy atom. The van der Waals surface area contributed by atoms with Crippen molar-refractivity contribution in [2.24, 2.45) is 0 Å². The highest BCUT2D eigenvalue weighted by atomic mass is 79.9. The molecule has 0 N–H and O–H groups in total. The predicted octanol–water partition coefficient (Wildman–Crippen LogP) is 5.97. The van der Waals surface area contributed by atoms with Gasteiger partial charge in [0, 0.05) is 10.5 Å². The maximum atomic E-state index is 6.28. The van der Waals surface area contributed by atoms with Crippen molar-refractivity contribution in [2.75, 3.05) is 0 Å². The van der Waals surface area contributed by atoms with Gasteiger partial charge in [0.05, 0.1) is 6.54 Å². The Hall–Kier alpha value is -1.32. The lowest BCUT2D eigenvalue weighted by Gasteiger charge is -2.30. The van der Waals surface area contributed by atoms with E-state index in [0.717, 1.165) is 16.8 Å². The number of benzene rings is 2. The monoisotopic (exact) mass is 373 g/mol. The summed E-state index contributed by atoms with van der Waals surface area (Å²) in [6, 6.07) is 19.2. The zero-order chi connectivity index (χ0) is 15.9. The molecule has 0 bridgehead atoms. The van der Waals surface area contributed by atoms with Gasteiger partial charge in [0.1, 0.15) is 5.75 Å². The van der Waals surface area contributed by atoms with Gasteiger partial charge in [-0.15, -0.1) is 5.06 Å². The second-order valence-corrected chi connectivity index (χ2v) is 7.17. The third-order valence-corrected chi connectivity index (χ3v) is 4.98. The average Bonchev–Trinajstić information content (AvgIpc) is 2.86. The van der Waals surface area contributed by atoms with E-state index in [4.69, 9.17) is 4.84 Å². The molecular formula is C20H24BrNO. The fourth-order valence-electron chi connectivity index (χ4n) is 3.18. The van der Waals surface area contributed by atoms with Gasteiger partial charge in [0.2, 0.25) is 0 Å². The van der Waals surface area contributed by atoms with Crippen LogP contribution in [0.25, 0.3) is 0 Å². The lowest BCUT2D eigenvalue weighted by Crippen LogP contribution is -2.37. The first-order chi connectivity index (χ1) is 11.3. The van der Waals surface area contributed by atoms with Crippen molar-refractivity contribution in [3.05, 3.63) is 64.6 Å². The molecule has 0 aliphatic heterocycles. The number of nitrogens with zero attached hydrogens (tertiary/aromatic N) is 1. The Morgan fingerprint density at radius 1 is 0.870 bits per heavy atom. The van der Waals surface area contributed by atoms with Crippen LogP contribution < -0.4 is 4.84 Å². The highest BCUT2D eigenvalue weighted by Gasteiger charge is 2.22. The van der Waals surface area contributed by atoms with Crippen molar-refractivity contribution in [2.45, 2.75) is 51.1 Å². The first-order valence-electron chi connectivity index (χ1n) is 8.55. The van der Waals surface area contributed by atoms with E-state index >= 15 is 0 Å². The molecule has 2 nitrogen and oxygen atoms in total. The van der Waals surface area contributed by atoms with E-state index in [9.17, 15) is 0 Å². The molecule has 122 valence electrons. The molecule has 0 spiro atoms. The minimum absolute atomic E-state index is 0.501. The van der Waals surface area contributed by atoms with Crippen molar-refractivity contribution in [1.82, 2.24) is 5.06 Å². The van der Waals surface area contributed by atoms with Gasteiger partial charge in [0.15, 0.2) is 0 Å². The molecule has 0 amide bonds. The molecule has 0 unspecified atom stereocenters. The topological polar surface area (TPSA) is 12.5 Å². The smallest absolute Gasteiger partial charge is 0.147 e. The maximum Gasteiger partial charge on any atom is 0.147 e. The van der Waals surface area contributed by atoms with Crippen LogP contribution >= 0.6 is 15.9 Å². The first-order valence-corrected chi connectivity index (χ1v) is 9.35. The Bertz CT molecular complexity index is 576. The van der Waals surface area contributed by atoms with E-state index in [0.29, 0.717) is 6.04 Å². The summed E-state index contributed by atoms with van der Waals surface area (Å²) >= 11 is 3.48. The van der Waals surface area contributed by atoms with Gasteiger partial charge in [-0.05, 0) is 42.7 Å². The summed E-state index contributed by atoms with van der Waals surface area (Å²) in [7, 11) is 0. The average molecular weight is 374 g/mol. The van der Waals surface area contributed by atoms with Gasteiger partial charge < -0.3 is 4.84 Å². The Balaban J connectivity index is 1.75. The molecule has 2 aromatic rings. The minimum Gasteiger partial charge on any atom is -0.405 e. The number of hydroxylamine groups is 2. The Kier molecular flexibility index (Phi) is 6.12. The summed E-state index contributed by atoms with van der Waals surface area (Å²) in [5, 5.41) is 2.20. The third kappa shape index (κ3) is 5.08. The number of hydrogen-bond acceptors (Lipinski definition) is 2. The largest absolute Gasteiger partial charge is 0.405 e. The molecule has 1 aliphatic carbocycles. The van der Waals surface area contributed by atoms with Crippen LogP contribution in [-0.4, -0.2) is 11.1 Å². The lowest BCUT2D eigenvalue weighted by atomic mass is 10.1. The van der Waals surface area contributed by atoms with Crippen LogP contribution in [0.4, 0.5) is 0 Å². The van der Waals surface area contributed by atoms with Crippen LogP contribution in [0.2, 0.25) is 0 Å². The van der Waals surface area contributed by atoms with E-state index < -0.39 is 0 Å². The zero-order valence-electron chi connectivity index (χ0n) is 13.5. The molecule has 23 heavy (non-hydrogen) atoms. The molecule has 0 heterocycles. The normalized spacial score (nSPS) is 16.3. The third-order valence-electron chi connectivity index (χ3n) is 4.45. The molecule has 3 heteroatoms. The SMILES string of the molecule is Brc1ccc(ON(Cc2ccccc2)C2CCCCCC2)cc1. The summed E-state index contributed by atoms with van der Waals surface area (Å²) in [4.78, 5) is 6.28. The Morgan fingerprint density at radius 3 is 2.17 bits per heavy atom. The quantitative estimate of drug-likeness (QED) is 0.472. The van der Waals surface area contributed by atoms with Crippen molar-refractivity contribution < 1.29 is 4.84 Å². The zero-order valence-corrected chi connectivity index (χ0v) is 15.0. The molecule has 1 fully saturated rings. The second kappa shape index (κ2) is 8.51. The molecule has 3 rings (SSSR count). The maximum absolute atomic E-state index is 6.28. The molecule has 0 atom stereocenters. The van der Waals surface area contributed by atoms with Crippen LogP contribution in [-0.2, 0) is 6.54 Å². The van der Waals surface area contributed by atoms with Gasteiger partial charge in [-0.3, -0.25) is 0 Å². The van der Waals surface area contributed by atoms with Crippen LogP contribution in [0, 0.1) is 0 Å². The van der Waals surface area contributed by atoms with Crippen LogP contribution in [0.1, 0.15) is 44.1 Å². The number of halogens is 1. The van der Waals surface area contributed by atoms with Crippen LogP contribution in [0.15, 0.2) is 59.1 Å². The summed E-state index contributed by atoms with van der Waals surface area (Å²) in [6.45, 7) is 0.835. The second-order valence-electron chi connectivity index (χ2n) is 6.25. The first kappa shape index (κ1) is 16.5. The van der Waals surface area contributed by atoms with Crippen LogP contribution in [0.5, 0.6) is 5.75 Å². The van der Waals surface area contributed by atoms with E-state index in [1.807, 2.05) is 24.3 Å². The number of rotatable bonds is 5. The minimum atomic E-state index is 0.501. The van der Waals surface area contributed by atoms with Gasteiger partial charge >= 0.3 is 0 Å². The predicted molar refractivity (Wildman–Crippen MR) is 98.2 cm³/mol. The van der Waals surface area contributed by atoms with Crippen molar-refractivity contribution in [1.29, 1.82) is 0 Å². The highest BCUT2D eigenvalue weighted by Crippen LogP contribution is 2.26. The van der Waals surface area contributed by atoms with Gasteiger partial charge in [-0.25, -0.2) is 0 Å². The van der Waals surface area contributed by atoms with Gasteiger partial charge in [0.25, 0.3) is 0 Å². The van der Waals surface area contributed by atoms with Crippen LogP contribution in [0.3, 0.4) is 0 Å². The van der Waals surface area contributed by atoms with E-state index in [-0.39, 0.29) is 0 Å². The lowest BCUT2D eigenvalue weighted by molar-refractivity contribution is -0.108. The molecule has 1 saturated carbocycles. The fourth-order valence-corrected chi connectivity index (χ4v) is 3.44. The fraction of sp³-hybridized carbons (Fsp3) is 0.400. The van der Waals surface area contributed by atoms with E-state index in [1.165, 1.54) is 44.1 Å². The molecule has 0 aromatic heterocycles. The van der Waals surface area contributed by atoms with Gasteiger partial charge in [-0.1, -0.05) is 71.9 Å². The molecule has 1 aliphatic rings. The highest BCUT2D eigenvalue weighted by molar-refractivity contribution is 9.10. The number of hydrogen-bond donors (Lipinski definition) is 0. The summed E-state index contributed by atoms with van der Waals surface area (Å²) < 4.78 is 1.08. The molecule has 2 aromatic carbocycles. The molecule has 0 radical (unpaired) electrons. The summed E-state index contributed by atoms with van der Waals surface area (Å²) in [6.07, 6.45) is 7.77. The van der Waals surface area contributed by atoms with Crippen molar-refractivity contribution in [3.8, 4) is 5.75 Å². The summed E-state index contributed by atoms with van der Waals surface area (Å²) in [5.74, 6) is 0.911. The molecular weight excluding hydrogens is 350 g/mol. The van der Waals surface area contributed by atoms with Gasteiger partial charge in [-0.2, -0.15) is 0 Å². The summed E-state index contributed by atoms with van der Waals surface area (Å²) in [5.41, 5.74) is 1.30.